The predicted molar refractivity (Wildman–Crippen MR) is 92.5 cm³/mol. The number of rotatable bonds is 8. The van der Waals surface area contributed by atoms with Crippen LogP contribution in [0.4, 0.5) is 13.2 Å². The van der Waals surface area contributed by atoms with E-state index in [1.165, 1.54) is 23.1 Å². The van der Waals surface area contributed by atoms with Gasteiger partial charge in [0.05, 0.1) is 16.8 Å². The SMILES string of the molecule is CCO/N=C/c1sc(SCCC(F)=C(F)F)nc1-c1ccccc1. The van der Waals surface area contributed by atoms with E-state index in [2.05, 4.69) is 10.1 Å². The molecule has 0 aliphatic heterocycles. The van der Waals surface area contributed by atoms with E-state index in [4.69, 9.17) is 4.84 Å². The van der Waals surface area contributed by atoms with Crippen LogP contribution in [0.5, 0.6) is 0 Å². The third-order valence-electron chi connectivity index (χ3n) is 2.81. The summed E-state index contributed by atoms with van der Waals surface area (Å²) in [6.07, 6.45) is -1.01. The second-order valence-electron chi connectivity index (χ2n) is 4.47. The quantitative estimate of drug-likeness (QED) is 0.337. The van der Waals surface area contributed by atoms with Crippen LogP contribution in [0.3, 0.4) is 0 Å². The van der Waals surface area contributed by atoms with Gasteiger partial charge in [0.2, 0.25) is 0 Å². The minimum Gasteiger partial charge on any atom is -0.396 e. The number of thiazole rings is 1. The molecule has 1 heterocycles. The highest BCUT2D eigenvalue weighted by molar-refractivity contribution is 8.01. The highest BCUT2D eigenvalue weighted by Gasteiger charge is 2.13. The molecule has 0 aliphatic carbocycles. The Labute approximate surface area is 146 Å². The van der Waals surface area contributed by atoms with Crippen LogP contribution in [0.15, 0.2) is 51.7 Å². The summed E-state index contributed by atoms with van der Waals surface area (Å²) in [6, 6.07) is 9.54. The molecule has 0 bridgehead atoms. The van der Waals surface area contributed by atoms with Gasteiger partial charge in [-0.3, -0.25) is 0 Å². The fourth-order valence-corrected chi connectivity index (χ4v) is 3.79. The summed E-state index contributed by atoms with van der Waals surface area (Å²) < 4.78 is 37.6. The number of thioether (sulfide) groups is 1. The summed E-state index contributed by atoms with van der Waals surface area (Å²) in [7, 11) is 0. The fraction of sp³-hybridized carbons (Fsp3) is 0.250. The van der Waals surface area contributed by atoms with Crippen molar-refractivity contribution in [2.45, 2.75) is 17.7 Å². The van der Waals surface area contributed by atoms with Crippen molar-refractivity contribution in [2.75, 3.05) is 12.4 Å². The van der Waals surface area contributed by atoms with Crippen molar-refractivity contribution in [3.8, 4) is 11.3 Å². The Morgan fingerprint density at radius 2 is 2.04 bits per heavy atom. The first kappa shape index (κ1) is 18.5. The Hall–Kier alpha value is -1.80. The molecule has 0 radical (unpaired) electrons. The highest BCUT2D eigenvalue weighted by atomic mass is 32.2. The van der Waals surface area contributed by atoms with Crippen LogP contribution < -0.4 is 0 Å². The Bertz CT molecular complexity index is 713. The summed E-state index contributed by atoms with van der Waals surface area (Å²) in [5.74, 6) is -1.19. The molecule has 2 rings (SSSR count). The van der Waals surface area contributed by atoms with Crippen LogP contribution in [-0.4, -0.2) is 23.6 Å². The van der Waals surface area contributed by atoms with E-state index in [0.29, 0.717) is 10.9 Å². The molecule has 0 amide bonds. The molecule has 1 aromatic heterocycles. The van der Waals surface area contributed by atoms with Crippen molar-refractivity contribution in [3.05, 3.63) is 47.1 Å². The lowest BCUT2D eigenvalue weighted by molar-refractivity contribution is 0.160. The van der Waals surface area contributed by atoms with Gasteiger partial charge in [0.1, 0.15) is 6.61 Å². The topological polar surface area (TPSA) is 34.5 Å². The van der Waals surface area contributed by atoms with Gasteiger partial charge in [0.25, 0.3) is 0 Å². The van der Waals surface area contributed by atoms with Crippen LogP contribution in [0.25, 0.3) is 11.3 Å². The van der Waals surface area contributed by atoms with Crippen molar-refractivity contribution >= 4 is 29.3 Å². The van der Waals surface area contributed by atoms with Crippen molar-refractivity contribution < 1.29 is 18.0 Å². The first-order chi connectivity index (χ1) is 11.6. The molecule has 1 aromatic carbocycles. The number of benzene rings is 1. The third-order valence-corrected chi connectivity index (χ3v) is 4.94. The van der Waals surface area contributed by atoms with Crippen molar-refractivity contribution in [3.63, 3.8) is 0 Å². The molecule has 0 fully saturated rings. The first-order valence-corrected chi connectivity index (χ1v) is 8.96. The smallest absolute Gasteiger partial charge is 0.301 e. The van der Waals surface area contributed by atoms with Crippen molar-refractivity contribution in [1.82, 2.24) is 4.98 Å². The monoisotopic (exact) mass is 372 g/mol. The Morgan fingerprint density at radius 1 is 1.29 bits per heavy atom. The molecule has 0 spiro atoms. The average Bonchev–Trinajstić information content (AvgIpc) is 2.99. The highest BCUT2D eigenvalue weighted by Crippen LogP contribution is 2.33. The lowest BCUT2D eigenvalue weighted by Gasteiger charge is -1.98. The number of nitrogens with zero attached hydrogens (tertiary/aromatic N) is 2. The Balaban J connectivity index is 2.17. The van der Waals surface area contributed by atoms with E-state index in [1.807, 2.05) is 37.3 Å². The molecule has 0 aliphatic rings. The summed E-state index contributed by atoms with van der Waals surface area (Å²) in [5.41, 5.74) is 1.65. The summed E-state index contributed by atoms with van der Waals surface area (Å²) in [4.78, 5) is 10.3. The maximum absolute atomic E-state index is 12.8. The van der Waals surface area contributed by atoms with Gasteiger partial charge >= 0.3 is 6.08 Å². The molecular formula is C16H15F3N2OS2. The van der Waals surface area contributed by atoms with Gasteiger partial charge in [0.15, 0.2) is 10.2 Å². The lowest BCUT2D eigenvalue weighted by Crippen LogP contribution is -1.86. The van der Waals surface area contributed by atoms with Gasteiger partial charge in [-0.2, -0.15) is 8.78 Å². The second kappa shape index (κ2) is 9.48. The third kappa shape index (κ3) is 5.38. The summed E-state index contributed by atoms with van der Waals surface area (Å²) in [5, 5.41) is 3.86. The molecule has 0 atom stereocenters. The molecule has 8 heteroatoms. The zero-order valence-corrected chi connectivity index (χ0v) is 14.5. The van der Waals surface area contributed by atoms with Gasteiger partial charge in [0, 0.05) is 17.7 Å². The molecule has 0 saturated carbocycles. The van der Waals surface area contributed by atoms with E-state index in [-0.39, 0.29) is 12.2 Å². The van der Waals surface area contributed by atoms with Gasteiger partial charge in [-0.05, 0) is 6.92 Å². The Morgan fingerprint density at radius 3 is 2.71 bits per heavy atom. The minimum absolute atomic E-state index is 0.187. The van der Waals surface area contributed by atoms with Gasteiger partial charge in [-0.25, -0.2) is 9.37 Å². The van der Waals surface area contributed by atoms with Gasteiger partial charge in [-0.1, -0.05) is 47.2 Å². The molecule has 128 valence electrons. The van der Waals surface area contributed by atoms with Crippen LogP contribution in [0, 0.1) is 0 Å². The molecule has 0 N–H and O–H groups in total. The van der Waals surface area contributed by atoms with Crippen molar-refractivity contribution in [1.29, 1.82) is 0 Å². The number of oxime groups is 1. The van der Waals surface area contributed by atoms with Crippen molar-refractivity contribution in [2.24, 2.45) is 5.16 Å². The van der Waals surface area contributed by atoms with E-state index in [0.717, 1.165) is 16.1 Å². The van der Waals surface area contributed by atoms with Crippen LogP contribution >= 0.6 is 23.1 Å². The molecule has 2 aromatic rings. The fourth-order valence-electron chi connectivity index (χ4n) is 1.75. The van der Waals surface area contributed by atoms with Gasteiger partial charge in [-0.15, -0.1) is 11.3 Å². The number of halogens is 3. The number of allylic oxidation sites excluding steroid dienone is 1. The van der Waals surface area contributed by atoms with Crippen LogP contribution in [0.2, 0.25) is 0 Å². The molecular weight excluding hydrogens is 357 g/mol. The average molecular weight is 372 g/mol. The predicted octanol–water partition coefficient (Wildman–Crippen LogP) is 5.74. The normalized spacial score (nSPS) is 11.0. The molecule has 0 unspecified atom stereocenters. The lowest BCUT2D eigenvalue weighted by atomic mass is 10.1. The van der Waals surface area contributed by atoms with Crippen LogP contribution in [-0.2, 0) is 4.84 Å². The maximum Gasteiger partial charge on any atom is 0.301 e. The molecule has 24 heavy (non-hydrogen) atoms. The second-order valence-corrected chi connectivity index (χ2v) is 6.85. The number of hydrogen-bond donors (Lipinski definition) is 0. The number of hydrogen-bond acceptors (Lipinski definition) is 5. The van der Waals surface area contributed by atoms with E-state index < -0.39 is 11.9 Å². The van der Waals surface area contributed by atoms with Crippen LogP contribution in [0.1, 0.15) is 18.2 Å². The van der Waals surface area contributed by atoms with Gasteiger partial charge < -0.3 is 4.84 Å². The van der Waals surface area contributed by atoms with E-state index in [1.54, 1.807) is 6.21 Å². The standard InChI is InChI=1S/C16H15F3N2OS2/c1-2-22-20-10-13-14(11-6-4-3-5-7-11)21-16(24-13)23-9-8-12(17)15(18)19/h3-7,10H,2,8-9H2,1H3/b20-10+. The largest absolute Gasteiger partial charge is 0.396 e. The zero-order valence-electron chi connectivity index (χ0n) is 12.8. The first-order valence-electron chi connectivity index (χ1n) is 7.15. The maximum atomic E-state index is 12.8. The zero-order chi connectivity index (χ0) is 17.4. The molecule has 0 saturated heterocycles. The van der Waals surface area contributed by atoms with E-state index in [9.17, 15) is 13.2 Å². The summed E-state index contributed by atoms with van der Waals surface area (Å²) in [6.45, 7) is 2.29. The summed E-state index contributed by atoms with van der Waals surface area (Å²) >= 11 is 2.59. The number of aromatic nitrogens is 1. The Kier molecular flexibility index (Phi) is 7.33. The minimum atomic E-state index is -2.26. The van der Waals surface area contributed by atoms with E-state index >= 15 is 0 Å². The molecule has 3 nitrogen and oxygen atoms in total.